The van der Waals surface area contributed by atoms with Crippen LogP contribution in [0.4, 0.5) is 5.69 Å². The summed E-state index contributed by atoms with van der Waals surface area (Å²) in [4.78, 5) is 36.3. The number of carbonyl (C=O) groups is 3. The minimum atomic E-state index is -0.295. The Morgan fingerprint density at radius 2 is 1.83 bits per heavy atom. The van der Waals surface area contributed by atoms with Crippen molar-refractivity contribution in [2.24, 2.45) is 0 Å². The van der Waals surface area contributed by atoms with Gasteiger partial charge < -0.3 is 15.0 Å². The van der Waals surface area contributed by atoms with Gasteiger partial charge in [-0.3, -0.25) is 14.4 Å². The van der Waals surface area contributed by atoms with Crippen molar-refractivity contribution in [3.8, 4) is 0 Å². The van der Waals surface area contributed by atoms with Crippen molar-refractivity contribution < 1.29 is 19.1 Å². The molecule has 0 bridgehead atoms. The van der Waals surface area contributed by atoms with Crippen LogP contribution in [0.1, 0.15) is 30.1 Å². The summed E-state index contributed by atoms with van der Waals surface area (Å²) in [7, 11) is 0. The molecule has 1 N–H and O–H groups in total. The minimum absolute atomic E-state index is 0.0622. The number of hydrogen-bond donors (Lipinski definition) is 1. The maximum atomic E-state index is 12.4. The van der Waals surface area contributed by atoms with E-state index in [4.69, 9.17) is 4.74 Å². The zero-order valence-electron chi connectivity index (χ0n) is 13.1. The van der Waals surface area contributed by atoms with E-state index in [-0.39, 0.29) is 23.9 Å². The molecule has 1 aliphatic rings. The molecule has 1 fully saturated rings. The van der Waals surface area contributed by atoms with Gasteiger partial charge in [0.1, 0.15) is 6.10 Å². The van der Waals surface area contributed by atoms with E-state index >= 15 is 0 Å². The Labute approximate surface area is 135 Å². The molecule has 0 aromatic heterocycles. The molecule has 1 heterocycles. The van der Waals surface area contributed by atoms with Crippen molar-refractivity contribution in [2.45, 2.75) is 25.9 Å². The summed E-state index contributed by atoms with van der Waals surface area (Å²) in [5.74, 6) is -0.642. The maximum absolute atomic E-state index is 12.4. The van der Waals surface area contributed by atoms with Gasteiger partial charge >= 0.3 is 5.97 Å². The van der Waals surface area contributed by atoms with Gasteiger partial charge in [0, 0.05) is 44.1 Å². The van der Waals surface area contributed by atoms with Gasteiger partial charge in [-0.1, -0.05) is 6.58 Å². The zero-order chi connectivity index (χ0) is 16.8. The number of benzene rings is 1. The van der Waals surface area contributed by atoms with Crippen molar-refractivity contribution in [3.05, 3.63) is 42.5 Å². The molecule has 0 spiro atoms. The van der Waals surface area contributed by atoms with Gasteiger partial charge in [0.05, 0.1) is 0 Å². The highest BCUT2D eigenvalue weighted by Gasteiger charge is 2.25. The molecule has 6 nitrogen and oxygen atoms in total. The fraction of sp³-hybridized carbons (Fsp3) is 0.353. The van der Waals surface area contributed by atoms with E-state index in [0.717, 1.165) is 0 Å². The number of hydrogen-bond acceptors (Lipinski definition) is 4. The predicted molar refractivity (Wildman–Crippen MR) is 86.0 cm³/mol. The van der Waals surface area contributed by atoms with Gasteiger partial charge in [-0.25, -0.2) is 0 Å². The third-order valence-electron chi connectivity index (χ3n) is 3.65. The zero-order valence-corrected chi connectivity index (χ0v) is 13.1. The number of ether oxygens (including phenoxy) is 1. The molecule has 1 aliphatic heterocycles. The Hall–Kier alpha value is -2.63. The smallest absolute Gasteiger partial charge is 0.302 e. The fourth-order valence-corrected chi connectivity index (χ4v) is 2.48. The molecule has 6 heteroatoms. The van der Waals surface area contributed by atoms with Crippen LogP contribution in [0.2, 0.25) is 0 Å². The molecule has 0 aliphatic carbocycles. The summed E-state index contributed by atoms with van der Waals surface area (Å²) >= 11 is 0. The molecule has 2 amide bonds. The van der Waals surface area contributed by atoms with Crippen molar-refractivity contribution in [1.29, 1.82) is 0 Å². The minimum Gasteiger partial charge on any atom is -0.462 e. The SMILES string of the molecule is C=CC(=O)Nc1ccc(C(=O)N2CCC(OC(C)=O)CC2)cc1. The summed E-state index contributed by atoms with van der Waals surface area (Å²) in [6.45, 7) is 5.90. The van der Waals surface area contributed by atoms with E-state index < -0.39 is 0 Å². The van der Waals surface area contributed by atoms with Crippen molar-refractivity contribution in [3.63, 3.8) is 0 Å². The second kappa shape index (κ2) is 7.58. The van der Waals surface area contributed by atoms with Crippen LogP contribution in [-0.2, 0) is 14.3 Å². The summed E-state index contributed by atoms with van der Waals surface area (Å²) in [6.07, 6.45) is 2.39. The number of carbonyl (C=O) groups excluding carboxylic acids is 3. The number of amides is 2. The number of nitrogens with one attached hydrogen (secondary N) is 1. The van der Waals surface area contributed by atoms with Crippen LogP contribution in [0.15, 0.2) is 36.9 Å². The lowest BCUT2D eigenvalue weighted by Gasteiger charge is -2.31. The van der Waals surface area contributed by atoms with E-state index in [1.165, 1.54) is 13.0 Å². The standard InChI is InChI=1S/C17H20N2O4/c1-3-16(21)18-14-6-4-13(5-7-14)17(22)19-10-8-15(9-11-19)23-12(2)20/h3-7,15H,1,8-11H2,2H3,(H,18,21). The molecule has 1 aromatic carbocycles. The van der Waals surface area contributed by atoms with Crippen LogP contribution in [0.25, 0.3) is 0 Å². The third-order valence-corrected chi connectivity index (χ3v) is 3.65. The Bertz CT molecular complexity index is 602. The van der Waals surface area contributed by atoms with Crippen molar-refractivity contribution in [2.75, 3.05) is 18.4 Å². The topological polar surface area (TPSA) is 75.7 Å². The van der Waals surface area contributed by atoms with Crippen molar-refractivity contribution in [1.82, 2.24) is 4.90 Å². The molecular formula is C17H20N2O4. The van der Waals surface area contributed by atoms with Gasteiger partial charge in [0.15, 0.2) is 0 Å². The number of likely N-dealkylation sites (tertiary alicyclic amines) is 1. The molecule has 2 rings (SSSR count). The van der Waals surface area contributed by atoms with Crippen LogP contribution >= 0.6 is 0 Å². The van der Waals surface area contributed by atoms with Crippen LogP contribution in [-0.4, -0.2) is 41.9 Å². The van der Waals surface area contributed by atoms with Gasteiger partial charge in [-0.15, -0.1) is 0 Å². The molecule has 1 aromatic rings. The number of piperidine rings is 1. The van der Waals surface area contributed by atoms with Crippen molar-refractivity contribution >= 4 is 23.5 Å². The van der Waals surface area contributed by atoms with Gasteiger partial charge in [0.25, 0.3) is 5.91 Å². The molecule has 122 valence electrons. The molecule has 23 heavy (non-hydrogen) atoms. The van der Waals surface area contributed by atoms with Gasteiger partial charge in [0.2, 0.25) is 5.91 Å². The lowest BCUT2D eigenvalue weighted by Crippen LogP contribution is -2.41. The third kappa shape index (κ3) is 4.67. The maximum Gasteiger partial charge on any atom is 0.302 e. The number of esters is 1. The largest absolute Gasteiger partial charge is 0.462 e. The Kier molecular flexibility index (Phi) is 5.51. The van der Waals surface area contributed by atoms with Crippen LogP contribution < -0.4 is 5.32 Å². The first-order chi connectivity index (χ1) is 11.0. The number of rotatable bonds is 4. The Balaban J connectivity index is 1.92. The first-order valence-electron chi connectivity index (χ1n) is 7.49. The lowest BCUT2D eigenvalue weighted by atomic mass is 10.1. The summed E-state index contributed by atoms with van der Waals surface area (Å²) in [5.41, 5.74) is 1.17. The van der Waals surface area contributed by atoms with Gasteiger partial charge in [-0.05, 0) is 30.3 Å². The first kappa shape index (κ1) is 16.7. The molecule has 1 saturated heterocycles. The van der Waals surface area contributed by atoms with Crippen LogP contribution in [0, 0.1) is 0 Å². The average Bonchev–Trinajstić information content (AvgIpc) is 2.55. The molecule has 0 unspecified atom stereocenters. The monoisotopic (exact) mass is 316 g/mol. The number of anilines is 1. The first-order valence-corrected chi connectivity index (χ1v) is 7.49. The highest BCUT2D eigenvalue weighted by Crippen LogP contribution is 2.18. The fourth-order valence-electron chi connectivity index (χ4n) is 2.48. The Morgan fingerprint density at radius 1 is 1.22 bits per heavy atom. The highest BCUT2D eigenvalue weighted by atomic mass is 16.5. The van der Waals surface area contributed by atoms with E-state index in [2.05, 4.69) is 11.9 Å². The highest BCUT2D eigenvalue weighted by molar-refractivity contribution is 5.99. The van der Waals surface area contributed by atoms with Crippen LogP contribution in [0.3, 0.4) is 0 Å². The normalized spacial score (nSPS) is 14.9. The molecule has 0 radical (unpaired) electrons. The van der Waals surface area contributed by atoms with E-state index in [1.807, 2.05) is 0 Å². The molecule has 0 saturated carbocycles. The second-order valence-corrected chi connectivity index (χ2v) is 5.37. The average molecular weight is 316 g/mol. The summed E-state index contributed by atoms with van der Waals surface area (Å²) < 4.78 is 5.16. The van der Waals surface area contributed by atoms with E-state index in [1.54, 1.807) is 29.2 Å². The summed E-state index contributed by atoms with van der Waals surface area (Å²) in [6, 6.07) is 6.72. The van der Waals surface area contributed by atoms with E-state index in [0.29, 0.717) is 37.2 Å². The van der Waals surface area contributed by atoms with E-state index in [9.17, 15) is 14.4 Å². The molecular weight excluding hydrogens is 296 g/mol. The van der Waals surface area contributed by atoms with Crippen LogP contribution in [0.5, 0.6) is 0 Å². The molecule has 0 atom stereocenters. The van der Waals surface area contributed by atoms with Gasteiger partial charge in [-0.2, -0.15) is 0 Å². The number of nitrogens with zero attached hydrogens (tertiary/aromatic N) is 1. The summed E-state index contributed by atoms with van der Waals surface area (Å²) in [5, 5.41) is 2.63. The second-order valence-electron chi connectivity index (χ2n) is 5.37. The predicted octanol–water partition coefficient (Wildman–Crippen LogP) is 1.98. The Morgan fingerprint density at radius 3 is 2.35 bits per heavy atom. The quantitative estimate of drug-likeness (QED) is 0.681. The lowest BCUT2D eigenvalue weighted by molar-refractivity contribution is -0.148.